The Kier molecular flexibility index (Phi) is 3.41. The summed E-state index contributed by atoms with van der Waals surface area (Å²) in [6.45, 7) is 0. The van der Waals surface area contributed by atoms with Gasteiger partial charge >= 0.3 is 0 Å². The summed E-state index contributed by atoms with van der Waals surface area (Å²) in [7, 11) is 0. The molecule has 0 aliphatic heterocycles. The number of hydrogen-bond acceptors (Lipinski definition) is 4. The van der Waals surface area contributed by atoms with Crippen LogP contribution in [0.15, 0.2) is 36.5 Å². The van der Waals surface area contributed by atoms with Crippen molar-refractivity contribution in [3.8, 4) is 0 Å². The van der Waals surface area contributed by atoms with Crippen molar-refractivity contribution in [1.29, 1.82) is 0 Å². The third-order valence-corrected chi connectivity index (χ3v) is 2.41. The zero-order valence-corrected chi connectivity index (χ0v) is 9.50. The molecule has 2 rings (SSSR count). The van der Waals surface area contributed by atoms with Crippen molar-refractivity contribution in [3.05, 3.63) is 47.4 Å². The van der Waals surface area contributed by atoms with E-state index in [4.69, 9.17) is 17.4 Å². The fourth-order valence-corrected chi connectivity index (χ4v) is 1.51. The fourth-order valence-electron chi connectivity index (χ4n) is 1.33. The summed E-state index contributed by atoms with van der Waals surface area (Å²) in [5.41, 5.74) is 3.90. The Morgan fingerprint density at radius 1 is 1.18 bits per heavy atom. The normalized spacial score (nSPS) is 10.1. The highest BCUT2D eigenvalue weighted by Gasteiger charge is 2.01. The molecule has 88 valence electrons. The number of pyridine rings is 1. The average molecular weight is 253 g/mol. The van der Waals surface area contributed by atoms with Gasteiger partial charge in [-0.1, -0.05) is 11.6 Å². The Hall–Kier alpha value is -1.85. The van der Waals surface area contributed by atoms with E-state index in [0.29, 0.717) is 11.5 Å². The minimum absolute atomic E-state index is 0.0706. The number of halogens is 2. The molecular formula is C11H10ClFN4. The lowest BCUT2D eigenvalue weighted by molar-refractivity contribution is 0.628. The number of aromatic nitrogens is 1. The van der Waals surface area contributed by atoms with Crippen LogP contribution in [0, 0.1) is 5.82 Å². The monoisotopic (exact) mass is 252 g/mol. The molecule has 1 aromatic heterocycles. The molecule has 0 amide bonds. The van der Waals surface area contributed by atoms with Crippen LogP contribution in [0.3, 0.4) is 0 Å². The molecule has 0 unspecified atom stereocenters. The van der Waals surface area contributed by atoms with Gasteiger partial charge in [-0.3, -0.25) is 0 Å². The summed E-state index contributed by atoms with van der Waals surface area (Å²) in [4.78, 5) is 3.97. The Balaban J connectivity index is 2.22. The van der Waals surface area contributed by atoms with E-state index in [2.05, 4.69) is 15.7 Å². The minimum Gasteiger partial charge on any atom is -0.355 e. The zero-order chi connectivity index (χ0) is 12.3. The van der Waals surface area contributed by atoms with Crippen LogP contribution in [0.2, 0.25) is 5.02 Å². The third kappa shape index (κ3) is 2.83. The van der Waals surface area contributed by atoms with Crippen molar-refractivity contribution in [2.75, 3.05) is 10.7 Å². The van der Waals surface area contributed by atoms with Gasteiger partial charge in [-0.05, 0) is 24.3 Å². The van der Waals surface area contributed by atoms with E-state index in [9.17, 15) is 4.39 Å². The smallest absolute Gasteiger partial charge is 0.141 e. The third-order valence-electron chi connectivity index (χ3n) is 2.12. The number of hydrogen-bond donors (Lipinski definition) is 3. The van der Waals surface area contributed by atoms with Gasteiger partial charge in [-0.25, -0.2) is 15.2 Å². The Morgan fingerprint density at radius 2 is 1.94 bits per heavy atom. The Bertz CT molecular complexity index is 533. The van der Waals surface area contributed by atoms with Gasteiger partial charge in [0.15, 0.2) is 0 Å². The fraction of sp³-hybridized carbons (Fsp3) is 0. The molecule has 0 saturated carbocycles. The Labute approximate surface area is 103 Å². The second-order valence-electron chi connectivity index (χ2n) is 3.33. The molecule has 2 aromatic rings. The van der Waals surface area contributed by atoms with E-state index in [1.165, 1.54) is 12.1 Å². The van der Waals surface area contributed by atoms with Crippen LogP contribution in [0.1, 0.15) is 0 Å². The summed E-state index contributed by atoms with van der Waals surface area (Å²) in [6, 6.07) is 7.88. The SMILES string of the molecule is NNc1cc(Nc2ccc(F)c(Cl)c2)ccn1. The van der Waals surface area contributed by atoms with Gasteiger partial charge in [0.05, 0.1) is 5.02 Å². The average Bonchev–Trinajstić information content (AvgIpc) is 2.34. The van der Waals surface area contributed by atoms with Gasteiger partial charge in [0.25, 0.3) is 0 Å². The maximum atomic E-state index is 13.0. The number of anilines is 3. The predicted molar refractivity (Wildman–Crippen MR) is 66.7 cm³/mol. The first-order valence-corrected chi connectivity index (χ1v) is 5.21. The second kappa shape index (κ2) is 4.99. The number of nitrogens with zero attached hydrogens (tertiary/aromatic N) is 1. The largest absolute Gasteiger partial charge is 0.355 e. The van der Waals surface area contributed by atoms with E-state index < -0.39 is 5.82 Å². The molecule has 0 aliphatic carbocycles. The summed E-state index contributed by atoms with van der Waals surface area (Å²) in [5.74, 6) is 5.33. The van der Waals surface area contributed by atoms with E-state index in [0.717, 1.165) is 5.69 Å². The molecule has 4 N–H and O–H groups in total. The second-order valence-corrected chi connectivity index (χ2v) is 3.74. The van der Waals surface area contributed by atoms with E-state index in [1.54, 1.807) is 24.4 Å². The molecule has 0 bridgehead atoms. The van der Waals surface area contributed by atoms with Gasteiger partial charge in [0, 0.05) is 23.6 Å². The minimum atomic E-state index is -0.448. The molecule has 0 saturated heterocycles. The van der Waals surface area contributed by atoms with E-state index in [-0.39, 0.29) is 5.02 Å². The topological polar surface area (TPSA) is 63.0 Å². The van der Waals surface area contributed by atoms with Gasteiger partial charge in [-0.15, -0.1) is 0 Å². The summed E-state index contributed by atoms with van der Waals surface area (Å²) >= 11 is 5.68. The van der Waals surface area contributed by atoms with Crippen LogP contribution in [0.4, 0.5) is 21.6 Å². The summed E-state index contributed by atoms with van der Waals surface area (Å²) in [5, 5.41) is 3.13. The molecule has 1 aromatic carbocycles. The molecule has 4 nitrogen and oxygen atoms in total. The van der Waals surface area contributed by atoms with Crippen LogP contribution in [0.5, 0.6) is 0 Å². The van der Waals surface area contributed by atoms with Crippen LogP contribution in [0.25, 0.3) is 0 Å². The van der Waals surface area contributed by atoms with Crippen molar-refractivity contribution in [1.82, 2.24) is 4.98 Å². The highest BCUT2D eigenvalue weighted by molar-refractivity contribution is 6.31. The molecule has 0 atom stereocenters. The van der Waals surface area contributed by atoms with Crippen molar-refractivity contribution >= 4 is 28.8 Å². The molecule has 17 heavy (non-hydrogen) atoms. The molecule has 0 fully saturated rings. The lowest BCUT2D eigenvalue weighted by Gasteiger charge is -2.08. The maximum absolute atomic E-state index is 13.0. The number of rotatable bonds is 3. The lowest BCUT2D eigenvalue weighted by Crippen LogP contribution is -2.08. The number of nitrogens with one attached hydrogen (secondary N) is 2. The van der Waals surface area contributed by atoms with Gasteiger partial charge in [0.2, 0.25) is 0 Å². The Morgan fingerprint density at radius 3 is 2.65 bits per heavy atom. The van der Waals surface area contributed by atoms with Crippen molar-refractivity contribution in [2.45, 2.75) is 0 Å². The van der Waals surface area contributed by atoms with Crippen LogP contribution < -0.4 is 16.6 Å². The van der Waals surface area contributed by atoms with Gasteiger partial charge in [-0.2, -0.15) is 0 Å². The molecule has 1 heterocycles. The van der Waals surface area contributed by atoms with E-state index in [1.807, 2.05) is 0 Å². The number of nitrogens with two attached hydrogens (primary N) is 1. The molecule has 0 radical (unpaired) electrons. The van der Waals surface area contributed by atoms with Crippen LogP contribution in [-0.4, -0.2) is 4.98 Å². The van der Waals surface area contributed by atoms with Gasteiger partial charge in [0.1, 0.15) is 11.6 Å². The lowest BCUT2D eigenvalue weighted by atomic mass is 10.3. The summed E-state index contributed by atoms with van der Waals surface area (Å²) < 4.78 is 13.0. The van der Waals surface area contributed by atoms with Gasteiger partial charge < -0.3 is 10.7 Å². The van der Waals surface area contributed by atoms with Crippen LogP contribution >= 0.6 is 11.6 Å². The standard InChI is InChI=1S/C11H10ClFN4/c12-9-5-7(1-2-10(9)13)16-8-3-4-15-11(6-8)17-14/h1-6H,14H2,(H2,15,16,17). The molecule has 0 spiro atoms. The molecule has 6 heteroatoms. The zero-order valence-electron chi connectivity index (χ0n) is 8.74. The highest BCUT2D eigenvalue weighted by Crippen LogP contribution is 2.23. The first-order valence-electron chi connectivity index (χ1n) is 4.84. The first kappa shape index (κ1) is 11.6. The van der Waals surface area contributed by atoms with Crippen molar-refractivity contribution in [2.24, 2.45) is 5.84 Å². The molecule has 0 aliphatic rings. The summed E-state index contributed by atoms with van der Waals surface area (Å²) in [6.07, 6.45) is 1.60. The number of benzene rings is 1. The van der Waals surface area contributed by atoms with Crippen molar-refractivity contribution < 1.29 is 4.39 Å². The quantitative estimate of drug-likeness (QED) is 0.581. The maximum Gasteiger partial charge on any atom is 0.141 e. The number of hydrazine groups is 1. The number of nitrogen functional groups attached to an aromatic ring is 1. The molecular weight excluding hydrogens is 243 g/mol. The van der Waals surface area contributed by atoms with Crippen LogP contribution in [-0.2, 0) is 0 Å². The first-order chi connectivity index (χ1) is 8.19. The predicted octanol–water partition coefficient (Wildman–Crippen LogP) is 2.90. The highest BCUT2D eigenvalue weighted by atomic mass is 35.5. The van der Waals surface area contributed by atoms with E-state index >= 15 is 0 Å². The van der Waals surface area contributed by atoms with Crippen molar-refractivity contribution in [3.63, 3.8) is 0 Å².